The number of benzene rings is 1. The zero-order chi connectivity index (χ0) is 14.7. The van der Waals surface area contributed by atoms with Crippen molar-refractivity contribution < 1.29 is 14.0 Å². The number of hydrogen-bond acceptors (Lipinski definition) is 3. The summed E-state index contributed by atoms with van der Waals surface area (Å²) in [7, 11) is 0. The van der Waals surface area contributed by atoms with Gasteiger partial charge in [-0.05, 0) is 30.3 Å². The van der Waals surface area contributed by atoms with Crippen molar-refractivity contribution >= 4 is 29.1 Å². The van der Waals surface area contributed by atoms with Crippen LogP contribution in [0, 0.1) is 5.95 Å². The molecule has 102 valence electrons. The van der Waals surface area contributed by atoms with E-state index in [2.05, 4.69) is 10.3 Å². The molecule has 5 nitrogen and oxygen atoms in total. The fourth-order valence-electron chi connectivity index (χ4n) is 1.50. The van der Waals surface area contributed by atoms with Crippen LogP contribution in [0.3, 0.4) is 0 Å². The number of rotatable bonds is 3. The molecular formula is C13H9ClFN3O2. The van der Waals surface area contributed by atoms with E-state index < -0.39 is 17.8 Å². The molecule has 0 aliphatic rings. The Morgan fingerprint density at radius 2 is 2.00 bits per heavy atom. The van der Waals surface area contributed by atoms with Gasteiger partial charge in [-0.2, -0.15) is 4.39 Å². The monoisotopic (exact) mass is 293 g/mol. The van der Waals surface area contributed by atoms with Crippen LogP contribution in [-0.4, -0.2) is 16.8 Å². The summed E-state index contributed by atoms with van der Waals surface area (Å²) >= 11 is 5.90. The Labute approximate surface area is 118 Å². The minimum Gasteiger partial charge on any atom is -0.366 e. The van der Waals surface area contributed by atoms with E-state index in [1.807, 2.05) is 0 Å². The highest BCUT2D eigenvalue weighted by molar-refractivity contribution is 6.34. The van der Waals surface area contributed by atoms with Gasteiger partial charge in [-0.15, -0.1) is 0 Å². The normalized spacial score (nSPS) is 10.1. The third-order valence-electron chi connectivity index (χ3n) is 2.45. The highest BCUT2D eigenvalue weighted by Crippen LogP contribution is 2.23. The Kier molecular flexibility index (Phi) is 3.95. The first-order chi connectivity index (χ1) is 9.47. The van der Waals surface area contributed by atoms with E-state index in [1.54, 1.807) is 0 Å². The molecule has 1 aromatic carbocycles. The van der Waals surface area contributed by atoms with Gasteiger partial charge in [0.1, 0.15) is 5.69 Å². The number of halogens is 2. The Balaban J connectivity index is 2.27. The van der Waals surface area contributed by atoms with Crippen LogP contribution in [0.1, 0.15) is 20.8 Å². The number of primary amides is 1. The second-order valence-corrected chi connectivity index (χ2v) is 4.27. The van der Waals surface area contributed by atoms with E-state index in [1.165, 1.54) is 30.3 Å². The number of nitrogens with two attached hydrogens (primary N) is 1. The smallest absolute Gasteiger partial charge is 0.274 e. The van der Waals surface area contributed by atoms with E-state index in [4.69, 9.17) is 17.3 Å². The third-order valence-corrected chi connectivity index (χ3v) is 2.78. The zero-order valence-electron chi connectivity index (χ0n) is 10.1. The maximum atomic E-state index is 12.9. The Hall–Kier alpha value is -2.47. The van der Waals surface area contributed by atoms with Gasteiger partial charge in [0.2, 0.25) is 11.9 Å². The summed E-state index contributed by atoms with van der Waals surface area (Å²) in [5.41, 5.74) is 5.42. The maximum absolute atomic E-state index is 12.9. The van der Waals surface area contributed by atoms with Crippen LogP contribution in [0.25, 0.3) is 0 Å². The quantitative estimate of drug-likeness (QED) is 0.851. The lowest BCUT2D eigenvalue weighted by Gasteiger charge is -2.08. The largest absolute Gasteiger partial charge is 0.366 e. The number of pyridine rings is 1. The number of carbonyl (C=O) groups excluding carboxylic acids is 2. The van der Waals surface area contributed by atoms with E-state index in [0.717, 1.165) is 6.07 Å². The molecular weight excluding hydrogens is 285 g/mol. The number of nitrogens with zero attached hydrogens (tertiary/aromatic N) is 1. The second-order valence-electron chi connectivity index (χ2n) is 3.86. The molecule has 0 radical (unpaired) electrons. The predicted octanol–water partition coefficient (Wildman–Crippen LogP) is 2.23. The van der Waals surface area contributed by atoms with Crippen molar-refractivity contribution in [2.75, 3.05) is 5.32 Å². The van der Waals surface area contributed by atoms with Gasteiger partial charge in [0, 0.05) is 5.56 Å². The lowest BCUT2D eigenvalue weighted by Crippen LogP contribution is -2.16. The molecule has 3 N–H and O–H groups in total. The van der Waals surface area contributed by atoms with E-state index in [0.29, 0.717) is 0 Å². The Bertz CT molecular complexity index is 691. The van der Waals surface area contributed by atoms with Crippen LogP contribution in [0.15, 0.2) is 36.4 Å². The predicted molar refractivity (Wildman–Crippen MR) is 72.1 cm³/mol. The van der Waals surface area contributed by atoms with Crippen molar-refractivity contribution in [3.63, 3.8) is 0 Å². The summed E-state index contributed by atoms with van der Waals surface area (Å²) in [6, 6.07) is 8.03. The molecule has 1 aromatic heterocycles. The highest BCUT2D eigenvalue weighted by atomic mass is 35.5. The number of aromatic nitrogens is 1. The SMILES string of the molecule is NC(=O)c1ccc(Cl)c(NC(=O)c2cccc(F)n2)c1. The molecule has 1 heterocycles. The number of amides is 2. The second kappa shape index (κ2) is 5.66. The zero-order valence-corrected chi connectivity index (χ0v) is 10.8. The summed E-state index contributed by atoms with van der Waals surface area (Å²) in [5.74, 6) is -2.07. The van der Waals surface area contributed by atoms with Gasteiger partial charge < -0.3 is 11.1 Å². The summed E-state index contributed by atoms with van der Waals surface area (Å²) in [4.78, 5) is 26.4. The van der Waals surface area contributed by atoms with Crippen LogP contribution >= 0.6 is 11.6 Å². The molecule has 0 spiro atoms. The van der Waals surface area contributed by atoms with Crippen LogP contribution in [-0.2, 0) is 0 Å². The molecule has 0 saturated carbocycles. The van der Waals surface area contributed by atoms with Crippen LogP contribution in [0.5, 0.6) is 0 Å². The minimum absolute atomic E-state index is 0.106. The fraction of sp³-hybridized carbons (Fsp3) is 0. The minimum atomic E-state index is -0.769. The molecule has 20 heavy (non-hydrogen) atoms. The number of carbonyl (C=O) groups is 2. The Morgan fingerprint density at radius 1 is 1.25 bits per heavy atom. The number of nitrogens with one attached hydrogen (secondary N) is 1. The lowest BCUT2D eigenvalue weighted by atomic mass is 10.2. The summed E-state index contributed by atoms with van der Waals surface area (Å²) in [5, 5.41) is 2.66. The molecule has 0 aliphatic heterocycles. The van der Waals surface area contributed by atoms with Crippen LogP contribution < -0.4 is 11.1 Å². The first kappa shape index (κ1) is 14.0. The summed E-state index contributed by atoms with van der Waals surface area (Å²) in [6.07, 6.45) is 0. The van der Waals surface area contributed by atoms with Gasteiger partial charge in [-0.3, -0.25) is 9.59 Å². The van der Waals surface area contributed by atoms with E-state index >= 15 is 0 Å². The molecule has 7 heteroatoms. The Morgan fingerprint density at radius 3 is 2.65 bits per heavy atom. The van der Waals surface area contributed by atoms with E-state index in [9.17, 15) is 14.0 Å². The molecule has 0 aliphatic carbocycles. The standard InChI is InChI=1S/C13H9ClFN3O2/c14-8-5-4-7(12(16)19)6-10(8)18-13(20)9-2-1-3-11(15)17-9/h1-6H,(H2,16,19)(H,18,20). The summed E-state index contributed by atoms with van der Waals surface area (Å²) in [6.45, 7) is 0. The van der Waals surface area contributed by atoms with Crippen LogP contribution in [0.2, 0.25) is 5.02 Å². The van der Waals surface area contributed by atoms with E-state index in [-0.39, 0.29) is 22.0 Å². The topological polar surface area (TPSA) is 85.1 Å². The average molecular weight is 294 g/mol. The van der Waals surface area contributed by atoms with Crippen molar-refractivity contribution in [2.45, 2.75) is 0 Å². The number of anilines is 1. The van der Waals surface area contributed by atoms with Crippen molar-refractivity contribution in [3.8, 4) is 0 Å². The van der Waals surface area contributed by atoms with Crippen molar-refractivity contribution in [3.05, 3.63) is 58.6 Å². The summed E-state index contributed by atoms with van der Waals surface area (Å²) < 4.78 is 12.9. The van der Waals surface area contributed by atoms with Gasteiger partial charge in [0.15, 0.2) is 0 Å². The molecule has 0 bridgehead atoms. The van der Waals surface area contributed by atoms with Gasteiger partial charge in [0.25, 0.3) is 5.91 Å². The third kappa shape index (κ3) is 3.10. The first-order valence-corrected chi connectivity index (χ1v) is 5.88. The van der Waals surface area contributed by atoms with Gasteiger partial charge in [0.05, 0.1) is 10.7 Å². The maximum Gasteiger partial charge on any atom is 0.274 e. The highest BCUT2D eigenvalue weighted by Gasteiger charge is 2.12. The van der Waals surface area contributed by atoms with Crippen molar-refractivity contribution in [1.29, 1.82) is 0 Å². The molecule has 0 fully saturated rings. The van der Waals surface area contributed by atoms with Crippen LogP contribution in [0.4, 0.5) is 10.1 Å². The first-order valence-electron chi connectivity index (χ1n) is 5.50. The molecule has 0 saturated heterocycles. The molecule has 2 amide bonds. The average Bonchev–Trinajstić information content (AvgIpc) is 2.41. The number of hydrogen-bond donors (Lipinski definition) is 2. The van der Waals surface area contributed by atoms with Gasteiger partial charge in [-0.25, -0.2) is 4.98 Å². The van der Waals surface area contributed by atoms with Gasteiger partial charge >= 0.3 is 0 Å². The molecule has 0 atom stereocenters. The molecule has 2 aromatic rings. The van der Waals surface area contributed by atoms with Gasteiger partial charge in [-0.1, -0.05) is 17.7 Å². The van der Waals surface area contributed by atoms with Crippen molar-refractivity contribution in [1.82, 2.24) is 4.98 Å². The lowest BCUT2D eigenvalue weighted by molar-refractivity contribution is 0.0995. The van der Waals surface area contributed by atoms with Crippen molar-refractivity contribution in [2.24, 2.45) is 5.73 Å². The fourth-order valence-corrected chi connectivity index (χ4v) is 1.66. The molecule has 0 unspecified atom stereocenters. The molecule has 2 rings (SSSR count).